The van der Waals surface area contributed by atoms with Crippen molar-refractivity contribution in [1.29, 1.82) is 0 Å². The summed E-state index contributed by atoms with van der Waals surface area (Å²) >= 11 is 1.44. The van der Waals surface area contributed by atoms with Gasteiger partial charge in [0.2, 0.25) is 5.13 Å². The first-order chi connectivity index (χ1) is 9.20. The maximum atomic E-state index is 12.3. The van der Waals surface area contributed by atoms with E-state index in [1.165, 1.54) is 22.7 Å². The number of nitrogens with zero attached hydrogens (tertiary/aromatic N) is 4. The molecule has 1 aromatic rings. The number of amides is 2. The molecule has 2 heterocycles. The first kappa shape index (κ1) is 12.8. The number of hydrogen-bond acceptors (Lipinski definition) is 5. The van der Waals surface area contributed by atoms with Crippen LogP contribution in [0.5, 0.6) is 0 Å². The van der Waals surface area contributed by atoms with Gasteiger partial charge in [0.05, 0.1) is 0 Å². The van der Waals surface area contributed by atoms with Gasteiger partial charge in [-0.15, -0.1) is 10.2 Å². The second-order valence-electron chi connectivity index (χ2n) is 5.05. The Morgan fingerprint density at radius 3 is 2.79 bits per heavy atom. The highest BCUT2D eigenvalue weighted by Gasteiger charge is 2.35. The Bertz CT molecular complexity index is 474. The van der Waals surface area contributed by atoms with Crippen LogP contribution in [0, 0.1) is 0 Å². The number of aliphatic hydroxyl groups excluding tert-OH is 1. The van der Waals surface area contributed by atoms with Crippen LogP contribution < -0.4 is 4.90 Å². The normalized spacial score (nSPS) is 24.7. The molecule has 6 nitrogen and oxygen atoms in total. The Labute approximate surface area is 116 Å². The minimum Gasteiger partial charge on any atom is -0.373 e. The zero-order valence-corrected chi connectivity index (χ0v) is 11.8. The summed E-state index contributed by atoms with van der Waals surface area (Å²) in [5.41, 5.74) is 0. The summed E-state index contributed by atoms with van der Waals surface area (Å²) in [6.45, 7) is 3.19. The molecule has 19 heavy (non-hydrogen) atoms. The number of aromatic nitrogens is 2. The molecule has 2 aliphatic rings. The molecule has 3 rings (SSSR count). The molecular weight excluding hydrogens is 264 g/mol. The van der Waals surface area contributed by atoms with Gasteiger partial charge in [0.25, 0.3) is 0 Å². The lowest BCUT2D eigenvalue weighted by Gasteiger charge is -2.36. The van der Waals surface area contributed by atoms with Crippen molar-refractivity contribution >= 4 is 22.5 Å². The van der Waals surface area contributed by atoms with E-state index in [-0.39, 0.29) is 6.03 Å². The molecule has 2 amide bonds. The fourth-order valence-corrected chi connectivity index (χ4v) is 3.47. The highest BCUT2D eigenvalue weighted by molar-refractivity contribution is 7.15. The minimum absolute atomic E-state index is 0.169. The Balaban J connectivity index is 1.82. The average molecular weight is 282 g/mol. The van der Waals surface area contributed by atoms with Crippen LogP contribution in [-0.4, -0.2) is 45.6 Å². The quantitative estimate of drug-likeness (QED) is 0.917. The molecule has 2 fully saturated rings. The van der Waals surface area contributed by atoms with Crippen LogP contribution in [0.3, 0.4) is 0 Å². The molecule has 0 aromatic carbocycles. The van der Waals surface area contributed by atoms with E-state index < -0.39 is 6.23 Å². The number of carbonyl (C=O) groups excluding carboxylic acids is 1. The van der Waals surface area contributed by atoms with Crippen molar-refractivity contribution in [2.45, 2.75) is 44.8 Å². The number of rotatable bonds is 3. The molecular formula is C12H18N4O2S. The SMILES string of the molecule is CCN1CCC(O)N(c2nnc(C3CCC3)s2)C1=O. The summed E-state index contributed by atoms with van der Waals surface area (Å²) in [7, 11) is 0. The van der Waals surface area contributed by atoms with Crippen molar-refractivity contribution in [2.75, 3.05) is 18.0 Å². The zero-order chi connectivity index (χ0) is 13.4. The number of aliphatic hydroxyl groups is 1. The maximum absolute atomic E-state index is 12.3. The molecule has 1 saturated heterocycles. The van der Waals surface area contributed by atoms with Gasteiger partial charge in [-0.1, -0.05) is 17.8 Å². The third kappa shape index (κ3) is 2.21. The van der Waals surface area contributed by atoms with Gasteiger partial charge < -0.3 is 10.0 Å². The highest BCUT2D eigenvalue weighted by atomic mass is 32.1. The smallest absolute Gasteiger partial charge is 0.328 e. The number of hydrogen-bond donors (Lipinski definition) is 1. The zero-order valence-electron chi connectivity index (χ0n) is 10.9. The molecule has 1 atom stereocenters. The van der Waals surface area contributed by atoms with E-state index >= 15 is 0 Å². The molecule has 104 valence electrons. The van der Waals surface area contributed by atoms with Gasteiger partial charge in [0, 0.05) is 25.4 Å². The van der Waals surface area contributed by atoms with E-state index in [1.54, 1.807) is 4.90 Å². The predicted molar refractivity (Wildman–Crippen MR) is 72.2 cm³/mol. The molecule has 1 saturated carbocycles. The molecule has 1 N–H and O–H groups in total. The number of anilines is 1. The van der Waals surface area contributed by atoms with Crippen LogP contribution in [0.1, 0.15) is 43.5 Å². The lowest BCUT2D eigenvalue weighted by Crippen LogP contribution is -2.54. The Morgan fingerprint density at radius 2 is 2.16 bits per heavy atom. The first-order valence-corrected chi connectivity index (χ1v) is 7.62. The van der Waals surface area contributed by atoms with Gasteiger partial charge in [0.1, 0.15) is 11.2 Å². The maximum Gasteiger partial charge on any atom is 0.328 e. The summed E-state index contributed by atoms with van der Waals surface area (Å²) in [6, 6.07) is -0.169. The lowest BCUT2D eigenvalue weighted by molar-refractivity contribution is 0.110. The van der Waals surface area contributed by atoms with Crippen molar-refractivity contribution in [3.63, 3.8) is 0 Å². The van der Waals surface area contributed by atoms with Crippen LogP contribution in [0.2, 0.25) is 0 Å². The van der Waals surface area contributed by atoms with E-state index in [9.17, 15) is 9.90 Å². The standard InChI is InChI=1S/C12H18N4O2S/c1-2-15-7-6-9(17)16(12(15)18)11-14-13-10(19-11)8-4-3-5-8/h8-9,17H,2-7H2,1H3. The van der Waals surface area contributed by atoms with Crippen LogP contribution in [0.15, 0.2) is 0 Å². The molecule has 1 aliphatic carbocycles. The van der Waals surface area contributed by atoms with Crippen molar-refractivity contribution in [2.24, 2.45) is 0 Å². The van der Waals surface area contributed by atoms with E-state index in [1.807, 2.05) is 6.92 Å². The first-order valence-electron chi connectivity index (χ1n) is 6.80. The Hall–Kier alpha value is -1.21. The van der Waals surface area contributed by atoms with Crippen molar-refractivity contribution < 1.29 is 9.90 Å². The van der Waals surface area contributed by atoms with E-state index in [2.05, 4.69) is 10.2 Å². The second kappa shape index (κ2) is 5.05. The number of carbonyl (C=O) groups is 1. The summed E-state index contributed by atoms with van der Waals surface area (Å²) < 4.78 is 0. The fraction of sp³-hybridized carbons (Fsp3) is 0.750. The largest absolute Gasteiger partial charge is 0.373 e. The molecule has 1 unspecified atom stereocenters. The second-order valence-corrected chi connectivity index (χ2v) is 6.04. The third-order valence-electron chi connectivity index (χ3n) is 3.90. The van der Waals surface area contributed by atoms with Gasteiger partial charge >= 0.3 is 6.03 Å². The van der Waals surface area contributed by atoms with Gasteiger partial charge in [0.15, 0.2) is 0 Å². The van der Waals surface area contributed by atoms with E-state index in [0.29, 0.717) is 30.6 Å². The summed E-state index contributed by atoms with van der Waals surface area (Å²) in [6.07, 6.45) is 3.34. The Kier molecular flexibility index (Phi) is 3.40. The van der Waals surface area contributed by atoms with Gasteiger partial charge in [-0.3, -0.25) is 0 Å². The summed E-state index contributed by atoms with van der Waals surface area (Å²) in [5, 5.41) is 19.8. The monoisotopic (exact) mass is 282 g/mol. The Morgan fingerprint density at radius 1 is 1.37 bits per heavy atom. The predicted octanol–water partition coefficient (Wildman–Crippen LogP) is 1.78. The van der Waals surface area contributed by atoms with E-state index in [4.69, 9.17) is 0 Å². The molecule has 0 radical (unpaired) electrons. The fourth-order valence-electron chi connectivity index (χ4n) is 2.42. The molecule has 7 heteroatoms. The minimum atomic E-state index is -0.780. The topological polar surface area (TPSA) is 69.6 Å². The number of urea groups is 1. The lowest BCUT2D eigenvalue weighted by atomic mass is 9.86. The van der Waals surface area contributed by atoms with Crippen molar-refractivity contribution in [1.82, 2.24) is 15.1 Å². The van der Waals surface area contributed by atoms with Crippen LogP contribution in [0.25, 0.3) is 0 Å². The molecule has 1 aliphatic heterocycles. The highest BCUT2D eigenvalue weighted by Crippen LogP contribution is 2.39. The third-order valence-corrected chi connectivity index (χ3v) is 4.99. The molecule has 1 aromatic heterocycles. The van der Waals surface area contributed by atoms with E-state index in [0.717, 1.165) is 17.8 Å². The van der Waals surface area contributed by atoms with Gasteiger partial charge in [-0.2, -0.15) is 0 Å². The summed E-state index contributed by atoms with van der Waals surface area (Å²) in [4.78, 5) is 15.4. The van der Waals surface area contributed by atoms with Crippen LogP contribution in [0.4, 0.5) is 9.93 Å². The average Bonchev–Trinajstić information content (AvgIpc) is 2.76. The van der Waals surface area contributed by atoms with Crippen molar-refractivity contribution in [3.05, 3.63) is 5.01 Å². The summed E-state index contributed by atoms with van der Waals surface area (Å²) in [5.74, 6) is 0.505. The molecule has 0 bridgehead atoms. The van der Waals surface area contributed by atoms with Crippen LogP contribution >= 0.6 is 11.3 Å². The van der Waals surface area contributed by atoms with Gasteiger partial charge in [-0.05, 0) is 19.8 Å². The van der Waals surface area contributed by atoms with Crippen LogP contribution in [-0.2, 0) is 0 Å². The molecule has 0 spiro atoms. The van der Waals surface area contributed by atoms with Crippen molar-refractivity contribution in [3.8, 4) is 0 Å². The van der Waals surface area contributed by atoms with Gasteiger partial charge in [-0.25, -0.2) is 9.69 Å².